The van der Waals surface area contributed by atoms with Crippen molar-refractivity contribution in [1.29, 1.82) is 0 Å². The summed E-state index contributed by atoms with van der Waals surface area (Å²) < 4.78 is 10.3. The molecule has 1 aromatic heterocycles. The monoisotopic (exact) mass is 353 g/mol. The summed E-state index contributed by atoms with van der Waals surface area (Å²) in [6.45, 7) is 2.05. The molecule has 0 aliphatic heterocycles. The van der Waals surface area contributed by atoms with Crippen LogP contribution >= 0.6 is 11.3 Å². The molecule has 0 radical (unpaired) electrons. The van der Waals surface area contributed by atoms with Gasteiger partial charge in [-0.3, -0.25) is 5.43 Å². The number of hydrogen-bond acceptors (Lipinski definition) is 6. The molecule has 6 heteroatoms. The number of hydrazone groups is 1. The number of thiazole rings is 1. The van der Waals surface area contributed by atoms with Gasteiger partial charge in [0.05, 0.1) is 26.1 Å². The van der Waals surface area contributed by atoms with E-state index in [2.05, 4.69) is 22.4 Å². The van der Waals surface area contributed by atoms with Gasteiger partial charge in [-0.25, -0.2) is 4.98 Å². The molecule has 0 amide bonds. The lowest BCUT2D eigenvalue weighted by Crippen LogP contribution is -1.90. The van der Waals surface area contributed by atoms with Crippen molar-refractivity contribution in [1.82, 2.24) is 4.98 Å². The standard InChI is InChI=1S/C19H19N3O2S/c1-13-18(15-6-10-17(24-3)11-7-15)21-19(25-13)22-20-12-14-4-8-16(23-2)9-5-14/h4-12H,1-3H3,(H,21,22)/b20-12-. The third-order valence-electron chi connectivity index (χ3n) is 3.65. The maximum atomic E-state index is 5.19. The minimum absolute atomic E-state index is 0.757. The Morgan fingerprint density at radius 2 is 1.56 bits per heavy atom. The molecule has 2 aromatic carbocycles. The second-order valence-electron chi connectivity index (χ2n) is 5.30. The van der Waals surface area contributed by atoms with Crippen LogP contribution in [-0.4, -0.2) is 25.4 Å². The fraction of sp³-hybridized carbons (Fsp3) is 0.158. The highest BCUT2D eigenvalue weighted by Gasteiger charge is 2.09. The summed E-state index contributed by atoms with van der Waals surface area (Å²) in [6.07, 6.45) is 1.75. The van der Waals surface area contributed by atoms with E-state index in [4.69, 9.17) is 9.47 Å². The number of benzene rings is 2. The predicted molar refractivity (Wildman–Crippen MR) is 103 cm³/mol. The van der Waals surface area contributed by atoms with E-state index < -0.39 is 0 Å². The van der Waals surface area contributed by atoms with Gasteiger partial charge in [0.15, 0.2) is 0 Å². The fourth-order valence-electron chi connectivity index (χ4n) is 2.31. The van der Waals surface area contributed by atoms with Crippen molar-refractivity contribution in [3.63, 3.8) is 0 Å². The molecular weight excluding hydrogens is 334 g/mol. The lowest BCUT2D eigenvalue weighted by molar-refractivity contribution is 0.414. The molecule has 0 fully saturated rings. The molecule has 128 valence electrons. The lowest BCUT2D eigenvalue weighted by Gasteiger charge is -2.01. The number of methoxy groups -OCH3 is 2. The molecule has 0 unspecified atom stereocenters. The molecule has 0 atom stereocenters. The number of aromatic nitrogens is 1. The Labute approximate surface area is 151 Å². The van der Waals surface area contributed by atoms with Gasteiger partial charge < -0.3 is 9.47 Å². The van der Waals surface area contributed by atoms with Gasteiger partial charge in [0.25, 0.3) is 0 Å². The van der Waals surface area contributed by atoms with E-state index in [0.717, 1.165) is 38.3 Å². The third-order valence-corrected chi connectivity index (χ3v) is 4.53. The van der Waals surface area contributed by atoms with E-state index in [1.807, 2.05) is 48.5 Å². The van der Waals surface area contributed by atoms with Crippen LogP contribution in [0.2, 0.25) is 0 Å². The molecule has 0 saturated carbocycles. The third kappa shape index (κ3) is 4.16. The molecule has 0 spiro atoms. The quantitative estimate of drug-likeness (QED) is 0.520. The zero-order valence-electron chi connectivity index (χ0n) is 14.3. The van der Waals surface area contributed by atoms with E-state index in [0.29, 0.717) is 0 Å². The van der Waals surface area contributed by atoms with E-state index in [1.165, 1.54) is 0 Å². The van der Waals surface area contributed by atoms with Crippen molar-refractivity contribution in [2.45, 2.75) is 6.92 Å². The van der Waals surface area contributed by atoms with Gasteiger partial charge in [0.1, 0.15) is 11.5 Å². The Bertz CT molecular complexity index is 855. The summed E-state index contributed by atoms with van der Waals surface area (Å²) in [7, 11) is 3.31. The van der Waals surface area contributed by atoms with Crippen LogP contribution in [0, 0.1) is 6.92 Å². The molecule has 25 heavy (non-hydrogen) atoms. The second-order valence-corrected chi connectivity index (χ2v) is 6.50. The smallest absolute Gasteiger partial charge is 0.204 e. The Morgan fingerprint density at radius 3 is 2.16 bits per heavy atom. The van der Waals surface area contributed by atoms with Crippen LogP contribution in [0.4, 0.5) is 5.13 Å². The lowest BCUT2D eigenvalue weighted by atomic mass is 10.1. The number of aryl methyl sites for hydroxylation is 1. The van der Waals surface area contributed by atoms with Crippen LogP contribution in [0.1, 0.15) is 10.4 Å². The molecule has 0 aliphatic carbocycles. The van der Waals surface area contributed by atoms with Gasteiger partial charge in [-0.1, -0.05) is 0 Å². The SMILES string of the molecule is COc1ccc(/C=N\Nc2nc(-c3ccc(OC)cc3)c(C)s2)cc1. The van der Waals surface area contributed by atoms with Gasteiger partial charge in [-0.2, -0.15) is 5.10 Å². The van der Waals surface area contributed by atoms with Crippen LogP contribution in [0.5, 0.6) is 11.5 Å². The summed E-state index contributed by atoms with van der Waals surface area (Å²) >= 11 is 1.57. The van der Waals surface area contributed by atoms with Gasteiger partial charge in [-0.15, -0.1) is 11.3 Å². The predicted octanol–water partition coefficient (Wildman–Crippen LogP) is 4.58. The molecule has 1 N–H and O–H groups in total. The van der Waals surface area contributed by atoms with Crippen LogP contribution in [-0.2, 0) is 0 Å². The van der Waals surface area contributed by atoms with Crippen molar-refractivity contribution in [3.05, 3.63) is 59.0 Å². The van der Waals surface area contributed by atoms with Gasteiger partial charge in [0, 0.05) is 10.4 Å². The van der Waals surface area contributed by atoms with E-state index in [1.54, 1.807) is 31.8 Å². The van der Waals surface area contributed by atoms with Crippen molar-refractivity contribution in [3.8, 4) is 22.8 Å². The van der Waals surface area contributed by atoms with Gasteiger partial charge in [-0.05, 0) is 61.0 Å². The van der Waals surface area contributed by atoms with E-state index >= 15 is 0 Å². The molecule has 3 rings (SSSR count). The fourth-order valence-corrected chi connectivity index (χ4v) is 3.10. The molecule has 3 aromatic rings. The van der Waals surface area contributed by atoms with Crippen molar-refractivity contribution >= 4 is 22.7 Å². The number of hydrogen-bond donors (Lipinski definition) is 1. The highest BCUT2D eigenvalue weighted by molar-refractivity contribution is 7.15. The first-order chi connectivity index (χ1) is 12.2. The number of nitrogens with one attached hydrogen (secondary N) is 1. The number of ether oxygens (including phenoxy) is 2. The molecule has 0 saturated heterocycles. The highest BCUT2D eigenvalue weighted by atomic mass is 32.1. The first-order valence-electron chi connectivity index (χ1n) is 7.74. The number of rotatable bonds is 6. The summed E-state index contributed by atoms with van der Waals surface area (Å²) in [5.41, 5.74) is 5.99. The Morgan fingerprint density at radius 1 is 0.960 bits per heavy atom. The number of anilines is 1. The van der Waals surface area contributed by atoms with Crippen LogP contribution in [0.3, 0.4) is 0 Å². The average Bonchev–Trinajstić information content (AvgIpc) is 3.03. The Balaban J connectivity index is 1.70. The van der Waals surface area contributed by atoms with Crippen LogP contribution in [0.25, 0.3) is 11.3 Å². The van der Waals surface area contributed by atoms with Crippen molar-refractivity contribution < 1.29 is 9.47 Å². The Hall–Kier alpha value is -2.86. The normalized spacial score (nSPS) is 10.8. The van der Waals surface area contributed by atoms with Crippen LogP contribution < -0.4 is 14.9 Å². The maximum Gasteiger partial charge on any atom is 0.204 e. The largest absolute Gasteiger partial charge is 0.497 e. The molecule has 0 bridgehead atoms. The maximum absolute atomic E-state index is 5.19. The molecule has 5 nitrogen and oxygen atoms in total. The summed E-state index contributed by atoms with van der Waals surface area (Å²) in [5, 5.41) is 5.01. The minimum Gasteiger partial charge on any atom is -0.497 e. The topological polar surface area (TPSA) is 55.7 Å². The zero-order chi connectivity index (χ0) is 17.6. The zero-order valence-corrected chi connectivity index (χ0v) is 15.1. The van der Waals surface area contributed by atoms with Crippen molar-refractivity contribution in [2.24, 2.45) is 5.10 Å². The summed E-state index contributed by atoms with van der Waals surface area (Å²) in [5.74, 6) is 1.66. The molecular formula is C19H19N3O2S. The van der Waals surface area contributed by atoms with Crippen LogP contribution in [0.15, 0.2) is 53.6 Å². The highest BCUT2D eigenvalue weighted by Crippen LogP contribution is 2.31. The second kappa shape index (κ2) is 7.81. The first kappa shape index (κ1) is 17.0. The summed E-state index contributed by atoms with van der Waals surface area (Å²) in [6, 6.07) is 15.6. The van der Waals surface area contributed by atoms with E-state index in [-0.39, 0.29) is 0 Å². The molecule has 1 heterocycles. The van der Waals surface area contributed by atoms with E-state index in [9.17, 15) is 0 Å². The van der Waals surface area contributed by atoms with Crippen molar-refractivity contribution in [2.75, 3.05) is 19.6 Å². The van der Waals surface area contributed by atoms with Gasteiger partial charge in [0.2, 0.25) is 5.13 Å². The minimum atomic E-state index is 0.757. The average molecular weight is 353 g/mol. The summed E-state index contributed by atoms with van der Waals surface area (Å²) in [4.78, 5) is 5.76. The number of nitrogens with zero attached hydrogens (tertiary/aromatic N) is 2. The van der Waals surface area contributed by atoms with Gasteiger partial charge >= 0.3 is 0 Å². The Kier molecular flexibility index (Phi) is 5.30. The molecule has 0 aliphatic rings. The first-order valence-corrected chi connectivity index (χ1v) is 8.56.